The Morgan fingerprint density at radius 3 is 2.47 bits per heavy atom. The highest BCUT2D eigenvalue weighted by molar-refractivity contribution is 6.02. The zero-order valence-electron chi connectivity index (χ0n) is 18.0. The molecule has 0 radical (unpaired) electrons. The Morgan fingerprint density at radius 1 is 1.06 bits per heavy atom. The lowest BCUT2D eigenvalue weighted by molar-refractivity contribution is -0.111. The van der Waals surface area contributed by atoms with Crippen LogP contribution in [0.25, 0.3) is 6.08 Å². The lowest BCUT2D eigenvalue weighted by Crippen LogP contribution is -2.26. The maximum atomic E-state index is 12.2. The number of nitrogens with zero attached hydrogens (tertiary/aromatic N) is 2. The molecule has 2 amide bonds. The number of carbonyl (C=O) groups is 2. The molecule has 7 heteroatoms. The fourth-order valence-corrected chi connectivity index (χ4v) is 2.78. The van der Waals surface area contributed by atoms with Crippen LogP contribution in [0.5, 0.6) is 5.75 Å². The standard InChI is InChI=1S/C25H25N3O4/c1-3-31-25(30)28(2)22-11-9-21(10-12-22)27-24(29)15-8-19-6-13-23(14-7-19)32-18-20-5-4-16-26-17-20/h4-17H,3,18H2,1-2H3,(H,27,29)/b15-8+. The van der Waals surface area contributed by atoms with Gasteiger partial charge in [0.05, 0.1) is 6.61 Å². The van der Waals surface area contributed by atoms with Crippen LogP contribution < -0.4 is 15.0 Å². The number of anilines is 2. The van der Waals surface area contributed by atoms with Crippen LogP contribution in [0.2, 0.25) is 0 Å². The molecule has 0 atom stereocenters. The lowest BCUT2D eigenvalue weighted by atomic mass is 10.2. The van der Waals surface area contributed by atoms with Crippen molar-refractivity contribution in [3.63, 3.8) is 0 Å². The van der Waals surface area contributed by atoms with Crippen molar-refractivity contribution in [3.8, 4) is 5.75 Å². The highest BCUT2D eigenvalue weighted by Gasteiger charge is 2.11. The first-order chi connectivity index (χ1) is 15.5. The number of rotatable bonds is 8. The molecule has 32 heavy (non-hydrogen) atoms. The Labute approximate surface area is 187 Å². The summed E-state index contributed by atoms with van der Waals surface area (Å²) in [5.41, 5.74) is 3.16. The van der Waals surface area contributed by atoms with Gasteiger partial charge in [-0.25, -0.2) is 4.79 Å². The first kappa shape index (κ1) is 22.6. The number of nitrogens with one attached hydrogen (secondary N) is 1. The van der Waals surface area contributed by atoms with E-state index in [1.165, 1.54) is 11.0 Å². The molecule has 0 spiro atoms. The zero-order valence-corrected chi connectivity index (χ0v) is 18.0. The third-order valence-corrected chi connectivity index (χ3v) is 4.50. The molecule has 0 bridgehead atoms. The second-order valence-corrected chi connectivity index (χ2v) is 6.85. The van der Waals surface area contributed by atoms with Crippen molar-refractivity contribution in [1.82, 2.24) is 4.98 Å². The molecule has 0 aliphatic heterocycles. The van der Waals surface area contributed by atoms with E-state index >= 15 is 0 Å². The summed E-state index contributed by atoms with van der Waals surface area (Å²) in [4.78, 5) is 29.4. The number of hydrogen-bond donors (Lipinski definition) is 1. The molecule has 0 unspecified atom stereocenters. The van der Waals surface area contributed by atoms with Crippen LogP contribution in [-0.4, -0.2) is 30.6 Å². The highest BCUT2D eigenvalue weighted by atomic mass is 16.6. The monoisotopic (exact) mass is 431 g/mol. The quantitative estimate of drug-likeness (QED) is 0.513. The van der Waals surface area contributed by atoms with Crippen molar-refractivity contribution in [2.24, 2.45) is 0 Å². The van der Waals surface area contributed by atoms with Crippen LogP contribution in [0.4, 0.5) is 16.2 Å². The molecule has 3 aromatic rings. The average Bonchev–Trinajstić information content (AvgIpc) is 2.83. The molecular weight excluding hydrogens is 406 g/mol. The maximum absolute atomic E-state index is 12.2. The van der Waals surface area contributed by atoms with E-state index in [4.69, 9.17) is 9.47 Å². The van der Waals surface area contributed by atoms with E-state index in [0.29, 0.717) is 24.6 Å². The maximum Gasteiger partial charge on any atom is 0.413 e. The van der Waals surface area contributed by atoms with Crippen molar-refractivity contribution in [3.05, 3.63) is 90.3 Å². The third-order valence-electron chi connectivity index (χ3n) is 4.50. The Balaban J connectivity index is 1.50. The minimum absolute atomic E-state index is 0.256. The largest absolute Gasteiger partial charge is 0.489 e. The number of ether oxygens (including phenoxy) is 2. The van der Waals surface area contributed by atoms with Crippen LogP contribution in [0.3, 0.4) is 0 Å². The summed E-state index contributed by atoms with van der Waals surface area (Å²) in [5, 5.41) is 2.79. The summed E-state index contributed by atoms with van der Waals surface area (Å²) in [6, 6.07) is 18.2. The SMILES string of the molecule is CCOC(=O)N(C)c1ccc(NC(=O)/C=C/c2ccc(OCc3cccnc3)cc2)cc1. The van der Waals surface area contributed by atoms with Crippen molar-refractivity contribution < 1.29 is 19.1 Å². The minimum atomic E-state index is -0.430. The topological polar surface area (TPSA) is 80.8 Å². The highest BCUT2D eigenvalue weighted by Crippen LogP contribution is 2.18. The number of aromatic nitrogens is 1. The van der Waals surface area contributed by atoms with Crippen LogP contribution in [0.1, 0.15) is 18.1 Å². The van der Waals surface area contributed by atoms with E-state index in [2.05, 4.69) is 10.3 Å². The first-order valence-corrected chi connectivity index (χ1v) is 10.2. The molecule has 1 heterocycles. The summed E-state index contributed by atoms with van der Waals surface area (Å²) >= 11 is 0. The predicted octanol–water partition coefficient (Wildman–Crippen LogP) is 4.91. The molecule has 3 rings (SSSR count). The van der Waals surface area contributed by atoms with Crippen molar-refractivity contribution in [1.29, 1.82) is 0 Å². The van der Waals surface area contributed by atoms with E-state index in [-0.39, 0.29) is 5.91 Å². The van der Waals surface area contributed by atoms with Gasteiger partial charge in [0.2, 0.25) is 5.91 Å². The molecular formula is C25H25N3O4. The van der Waals surface area contributed by atoms with Gasteiger partial charge < -0.3 is 14.8 Å². The molecule has 0 aliphatic rings. The zero-order chi connectivity index (χ0) is 22.8. The Bertz CT molecular complexity index is 1050. The van der Waals surface area contributed by atoms with Gasteiger partial charge in [0.1, 0.15) is 12.4 Å². The van der Waals surface area contributed by atoms with E-state index in [1.807, 2.05) is 36.4 Å². The van der Waals surface area contributed by atoms with Gasteiger partial charge in [-0.05, 0) is 61.0 Å². The molecule has 2 aromatic carbocycles. The number of amides is 2. The Kier molecular flexibility index (Phi) is 7.97. The van der Waals surface area contributed by atoms with Crippen LogP contribution in [-0.2, 0) is 16.1 Å². The lowest BCUT2D eigenvalue weighted by Gasteiger charge is -2.16. The molecule has 0 saturated heterocycles. The average molecular weight is 431 g/mol. The minimum Gasteiger partial charge on any atom is -0.489 e. The summed E-state index contributed by atoms with van der Waals surface area (Å²) in [6.07, 6.45) is 6.25. The van der Waals surface area contributed by atoms with Gasteiger partial charge in [0.25, 0.3) is 0 Å². The molecule has 7 nitrogen and oxygen atoms in total. The molecule has 164 valence electrons. The van der Waals surface area contributed by atoms with Gasteiger partial charge in [0.15, 0.2) is 0 Å². The van der Waals surface area contributed by atoms with Gasteiger partial charge in [-0.1, -0.05) is 18.2 Å². The van der Waals surface area contributed by atoms with Crippen LogP contribution in [0, 0.1) is 0 Å². The molecule has 0 saturated carbocycles. The fraction of sp³-hybridized carbons (Fsp3) is 0.160. The van der Waals surface area contributed by atoms with E-state index in [9.17, 15) is 9.59 Å². The van der Waals surface area contributed by atoms with Crippen LogP contribution in [0.15, 0.2) is 79.1 Å². The number of pyridine rings is 1. The van der Waals surface area contributed by atoms with E-state index in [1.54, 1.807) is 56.7 Å². The van der Waals surface area contributed by atoms with E-state index < -0.39 is 6.09 Å². The Hall–Kier alpha value is -4.13. The summed E-state index contributed by atoms with van der Waals surface area (Å²) in [6.45, 7) is 2.51. The smallest absolute Gasteiger partial charge is 0.413 e. The van der Waals surface area contributed by atoms with E-state index in [0.717, 1.165) is 16.9 Å². The van der Waals surface area contributed by atoms with Crippen molar-refractivity contribution in [2.75, 3.05) is 23.9 Å². The van der Waals surface area contributed by atoms with Crippen LogP contribution >= 0.6 is 0 Å². The fourth-order valence-electron chi connectivity index (χ4n) is 2.78. The molecule has 1 N–H and O–H groups in total. The summed E-state index contributed by atoms with van der Waals surface area (Å²) < 4.78 is 10.7. The van der Waals surface area contributed by atoms with Gasteiger partial charge in [-0.3, -0.25) is 14.7 Å². The third kappa shape index (κ3) is 6.70. The number of hydrogen-bond acceptors (Lipinski definition) is 5. The van der Waals surface area contributed by atoms with Crippen molar-refractivity contribution in [2.45, 2.75) is 13.5 Å². The summed E-state index contributed by atoms with van der Waals surface area (Å²) in [5.74, 6) is 0.483. The molecule has 0 aliphatic carbocycles. The van der Waals surface area contributed by atoms with Gasteiger partial charge in [-0.15, -0.1) is 0 Å². The molecule has 1 aromatic heterocycles. The summed E-state index contributed by atoms with van der Waals surface area (Å²) in [7, 11) is 1.63. The van der Waals surface area contributed by atoms with Gasteiger partial charge in [0, 0.05) is 42.5 Å². The normalized spacial score (nSPS) is 10.6. The molecule has 0 fully saturated rings. The predicted molar refractivity (Wildman–Crippen MR) is 125 cm³/mol. The second kappa shape index (κ2) is 11.3. The van der Waals surface area contributed by atoms with Crippen molar-refractivity contribution >= 4 is 29.5 Å². The Morgan fingerprint density at radius 2 is 1.81 bits per heavy atom. The number of carbonyl (C=O) groups excluding carboxylic acids is 2. The number of benzene rings is 2. The second-order valence-electron chi connectivity index (χ2n) is 6.85. The van der Waals surface area contributed by atoms with Gasteiger partial charge in [-0.2, -0.15) is 0 Å². The van der Waals surface area contributed by atoms with Gasteiger partial charge >= 0.3 is 6.09 Å². The first-order valence-electron chi connectivity index (χ1n) is 10.2.